The summed E-state index contributed by atoms with van der Waals surface area (Å²) >= 11 is 4.07. The molecular weight excluding hydrogens is 368 g/mol. The standard InChI is InChI=1S/C19H28N2O5S/c1-19(2,3)26-18(25)21-14(9-13-7-5-4-6-8-13)10-16(22)20-15(12-27)11-17(23)24/h4-8,14-15,27H,9-12H2,1-3H3,(H,20,22)(H,21,25)(H,23,24)/t14-,15+/m0/s1. The highest BCUT2D eigenvalue weighted by molar-refractivity contribution is 7.80. The van der Waals surface area contributed by atoms with Crippen LogP contribution >= 0.6 is 12.6 Å². The number of rotatable bonds is 9. The first kappa shape index (κ1) is 22.8. The van der Waals surface area contributed by atoms with E-state index in [0.29, 0.717) is 6.42 Å². The number of alkyl carbamates (subject to hydrolysis) is 1. The Labute approximate surface area is 165 Å². The Morgan fingerprint density at radius 3 is 2.22 bits per heavy atom. The number of hydrogen-bond donors (Lipinski definition) is 4. The molecule has 0 unspecified atom stereocenters. The molecule has 0 bridgehead atoms. The van der Waals surface area contributed by atoms with Crippen LogP contribution in [0.25, 0.3) is 0 Å². The average Bonchev–Trinajstić information content (AvgIpc) is 2.52. The van der Waals surface area contributed by atoms with E-state index < -0.39 is 29.7 Å². The van der Waals surface area contributed by atoms with Gasteiger partial charge in [-0.3, -0.25) is 9.59 Å². The van der Waals surface area contributed by atoms with Crippen molar-refractivity contribution in [1.82, 2.24) is 10.6 Å². The van der Waals surface area contributed by atoms with Gasteiger partial charge < -0.3 is 20.5 Å². The fourth-order valence-corrected chi connectivity index (χ4v) is 2.65. The number of aliphatic carboxylic acids is 1. The van der Waals surface area contributed by atoms with Gasteiger partial charge in [0.15, 0.2) is 0 Å². The SMILES string of the molecule is CC(C)(C)OC(=O)N[C@H](CC(=O)N[C@@H](CS)CC(=O)O)Cc1ccccc1. The van der Waals surface area contributed by atoms with Gasteiger partial charge in [-0.05, 0) is 32.8 Å². The third-order valence-corrected chi connectivity index (χ3v) is 3.92. The molecule has 0 heterocycles. The zero-order valence-electron chi connectivity index (χ0n) is 15.9. The molecule has 0 aliphatic rings. The van der Waals surface area contributed by atoms with E-state index in [2.05, 4.69) is 23.3 Å². The second-order valence-corrected chi connectivity index (χ2v) is 7.65. The average molecular weight is 397 g/mol. The quantitative estimate of drug-likeness (QED) is 0.480. The van der Waals surface area contributed by atoms with Crippen LogP contribution in [0.2, 0.25) is 0 Å². The molecule has 27 heavy (non-hydrogen) atoms. The summed E-state index contributed by atoms with van der Waals surface area (Å²) < 4.78 is 5.27. The van der Waals surface area contributed by atoms with Crippen LogP contribution in [0.4, 0.5) is 4.79 Å². The van der Waals surface area contributed by atoms with Crippen LogP contribution in [0.3, 0.4) is 0 Å². The van der Waals surface area contributed by atoms with Crippen LogP contribution in [0.1, 0.15) is 39.2 Å². The summed E-state index contributed by atoms with van der Waals surface area (Å²) in [6.45, 7) is 5.28. The number of amides is 2. The Morgan fingerprint density at radius 2 is 1.70 bits per heavy atom. The number of carbonyl (C=O) groups is 3. The molecule has 1 aromatic rings. The molecule has 0 spiro atoms. The summed E-state index contributed by atoms with van der Waals surface area (Å²) in [5, 5.41) is 14.2. The van der Waals surface area contributed by atoms with E-state index in [1.165, 1.54) is 0 Å². The van der Waals surface area contributed by atoms with Gasteiger partial charge in [0, 0.05) is 24.3 Å². The minimum atomic E-state index is -1.01. The number of carboxylic acid groups (broad SMARTS) is 1. The van der Waals surface area contributed by atoms with Crippen molar-refractivity contribution < 1.29 is 24.2 Å². The first-order valence-electron chi connectivity index (χ1n) is 8.74. The van der Waals surface area contributed by atoms with Crippen molar-refractivity contribution in [2.24, 2.45) is 0 Å². The largest absolute Gasteiger partial charge is 0.481 e. The van der Waals surface area contributed by atoms with E-state index in [0.717, 1.165) is 5.56 Å². The molecule has 150 valence electrons. The Hall–Kier alpha value is -2.22. The van der Waals surface area contributed by atoms with E-state index in [1.54, 1.807) is 20.8 Å². The minimum absolute atomic E-state index is 0.00195. The third-order valence-electron chi connectivity index (χ3n) is 3.48. The lowest BCUT2D eigenvalue weighted by molar-refractivity contribution is -0.137. The number of carbonyl (C=O) groups excluding carboxylic acids is 2. The Balaban J connectivity index is 2.76. The van der Waals surface area contributed by atoms with Crippen molar-refractivity contribution in [3.63, 3.8) is 0 Å². The van der Waals surface area contributed by atoms with E-state index >= 15 is 0 Å². The summed E-state index contributed by atoms with van der Waals surface area (Å²) in [4.78, 5) is 35.3. The van der Waals surface area contributed by atoms with Crippen molar-refractivity contribution in [2.75, 3.05) is 5.75 Å². The molecule has 7 nitrogen and oxygen atoms in total. The zero-order chi connectivity index (χ0) is 20.4. The molecule has 2 amide bonds. The van der Waals surface area contributed by atoms with E-state index in [1.807, 2.05) is 30.3 Å². The van der Waals surface area contributed by atoms with E-state index in [-0.39, 0.29) is 24.5 Å². The topological polar surface area (TPSA) is 105 Å². The lowest BCUT2D eigenvalue weighted by atomic mass is 10.0. The van der Waals surface area contributed by atoms with Gasteiger partial charge in [-0.25, -0.2) is 4.79 Å². The molecule has 0 aromatic heterocycles. The van der Waals surface area contributed by atoms with Crippen molar-refractivity contribution in [3.8, 4) is 0 Å². The Kier molecular flexibility index (Phi) is 9.14. The molecule has 1 aromatic carbocycles. The van der Waals surface area contributed by atoms with Gasteiger partial charge in [-0.1, -0.05) is 30.3 Å². The number of thiol groups is 1. The number of hydrogen-bond acceptors (Lipinski definition) is 5. The van der Waals surface area contributed by atoms with E-state index in [4.69, 9.17) is 9.84 Å². The summed E-state index contributed by atoms with van der Waals surface area (Å²) in [6, 6.07) is 8.39. The van der Waals surface area contributed by atoms with Crippen molar-refractivity contribution in [1.29, 1.82) is 0 Å². The second-order valence-electron chi connectivity index (χ2n) is 7.28. The van der Waals surface area contributed by atoms with Gasteiger partial charge in [0.2, 0.25) is 5.91 Å². The summed E-state index contributed by atoms with van der Waals surface area (Å²) in [7, 11) is 0. The zero-order valence-corrected chi connectivity index (χ0v) is 16.8. The Morgan fingerprint density at radius 1 is 1.07 bits per heavy atom. The summed E-state index contributed by atoms with van der Waals surface area (Å²) in [5.74, 6) is -1.16. The fourth-order valence-electron chi connectivity index (χ4n) is 2.43. The number of nitrogens with one attached hydrogen (secondary N) is 2. The summed E-state index contributed by atoms with van der Waals surface area (Å²) in [5.41, 5.74) is 0.310. The van der Waals surface area contributed by atoms with Gasteiger partial charge in [-0.2, -0.15) is 12.6 Å². The van der Waals surface area contributed by atoms with Crippen molar-refractivity contribution in [3.05, 3.63) is 35.9 Å². The lowest BCUT2D eigenvalue weighted by Crippen LogP contribution is -2.45. The fraction of sp³-hybridized carbons (Fsp3) is 0.526. The van der Waals surface area contributed by atoms with Crippen LogP contribution in [0.5, 0.6) is 0 Å². The summed E-state index contributed by atoms with van der Waals surface area (Å²) in [6.07, 6.45) is -0.374. The van der Waals surface area contributed by atoms with Crippen LogP contribution in [0.15, 0.2) is 30.3 Å². The maximum atomic E-state index is 12.3. The normalized spacial score (nSPS) is 13.3. The van der Waals surface area contributed by atoms with Crippen LogP contribution in [-0.2, 0) is 20.7 Å². The van der Waals surface area contributed by atoms with Gasteiger partial charge >= 0.3 is 12.1 Å². The predicted octanol–water partition coefficient (Wildman–Crippen LogP) is 2.40. The monoisotopic (exact) mass is 396 g/mol. The minimum Gasteiger partial charge on any atom is -0.481 e. The van der Waals surface area contributed by atoms with Gasteiger partial charge in [0.05, 0.1) is 6.42 Å². The van der Waals surface area contributed by atoms with Crippen molar-refractivity contribution in [2.45, 2.75) is 57.7 Å². The molecule has 0 fully saturated rings. The highest BCUT2D eigenvalue weighted by atomic mass is 32.1. The molecule has 0 aliphatic carbocycles. The first-order valence-corrected chi connectivity index (χ1v) is 9.37. The molecular formula is C19H28N2O5S. The van der Waals surface area contributed by atoms with Gasteiger partial charge in [0.25, 0.3) is 0 Å². The van der Waals surface area contributed by atoms with Gasteiger partial charge in [0.1, 0.15) is 5.60 Å². The number of ether oxygens (including phenoxy) is 1. The number of carboxylic acids is 1. The Bertz CT molecular complexity index is 631. The molecule has 0 radical (unpaired) electrons. The second kappa shape index (κ2) is 10.8. The van der Waals surface area contributed by atoms with Gasteiger partial charge in [-0.15, -0.1) is 0 Å². The highest BCUT2D eigenvalue weighted by Crippen LogP contribution is 2.10. The lowest BCUT2D eigenvalue weighted by Gasteiger charge is -2.24. The smallest absolute Gasteiger partial charge is 0.407 e. The van der Waals surface area contributed by atoms with Crippen LogP contribution < -0.4 is 10.6 Å². The maximum Gasteiger partial charge on any atom is 0.407 e. The van der Waals surface area contributed by atoms with Crippen molar-refractivity contribution >= 4 is 30.6 Å². The number of benzene rings is 1. The van der Waals surface area contributed by atoms with E-state index in [9.17, 15) is 14.4 Å². The molecule has 1 rings (SSSR count). The molecule has 3 N–H and O–H groups in total. The molecule has 0 saturated heterocycles. The van der Waals surface area contributed by atoms with Crippen LogP contribution in [0, 0.1) is 0 Å². The molecule has 2 atom stereocenters. The molecule has 8 heteroatoms. The first-order chi connectivity index (χ1) is 12.6. The molecule has 0 saturated carbocycles. The third kappa shape index (κ3) is 10.5. The maximum absolute atomic E-state index is 12.3. The molecule has 0 aliphatic heterocycles. The highest BCUT2D eigenvalue weighted by Gasteiger charge is 2.23. The predicted molar refractivity (Wildman–Crippen MR) is 106 cm³/mol. The van der Waals surface area contributed by atoms with Crippen LogP contribution in [-0.4, -0.2) is 46.5 Å².